The summed E-state index contributed by atoms with van der Waals surface area (Å²) >= 11 is 0. The van der Waals surface area contributed by atoms with Crippen LogP contribution in [0.2, 0.25) is 0 Å². The van der Waals surface area contributed by atoms with E-state index in [4.69, 9.17) is 0 Å². The number of anilines is 1. The number of hydrogen-bond donors (Lipinski definition) is 0. The van der Waals surface area contributed by atoms with Crippen LogP contribution in [-0.2, 0) is 22.6 Å². The van der Waals surface area contributed by atoms with E-state index in [9.17, 15) is 9.59 Å². The fourth-order valence-corrected chi connectivity index (χ4v) is 3.82. The van der Waals surface area contributed by atoms with Crippen molar-refractivity contribution in [3.05, 3.63) is 64.7 Å². The van der Waals surface area contributed by atoms with Gasteiger partial charge in [0.15, 0.2) is 0 Å². The van der Waals surface area contributed by atoms with Gasteiger partial charge in [0.25, 0.3) is 5.91 Å². The topological polar surface area (TPSA) is 40.6 Å². The highest BCUT2D eigenvalue weighted by molar-refractivity contribution is 6.22. The second kappa shape index (κ2) is 6.12. The van der Waals surface area contributed by atoms with E-state index in [0.717, 1.165) is 30.6 Å². The first-order chi connectivity index (χ1) is 12.0. The smallest absolute Gasteiger partial charge is 0.251 e. The zero-order valence-electron chi connectivity index (χ0n) is 14.7. The number of aryl methyl sites for hydroxylation is 2. The molecule has 128 valence electrons. The summed E-state index contributed by atoms with van der Waals surface area (Å²) in [4.78, 5) is 29.1. The molecule has 1 atom stereocenters. The molecule has 2 aliphatic heterocycles. The monoisotopic (exact) mass is 334 g/mol. The Bertz CT molecular complexity index is 859. The molecule has 2 aliphatic rings. The van der Waals surface area contributed by atoms with E-state index in [1.807, 2.05) is 38.1 Å². The Hall–Kier alpha value is -2.46. The van der Waals surface area contributed by atoms with Crippen LogP contribution >= 0.6 is 0 Å². The molecule has 2 amide bonds. The Labute approximate surface area is 148 Å². The maximum absolute atomic E-state index is 13.0. The minimum absolute atomic E-state index is 0.0902. The van der Waals surface area contributed by atoms with Crippen molar-refractivity contribution in [2.75, 3.05) is 11.4 Å². The first-order valence-corrected chi connectivity index (χ1v) is 8.79. The van der Waals surface area contributed by atoms with E-state index in [0.29, 0.717) is 5.69 Å². The zero-order chi connectivity index (χ0) is 17.6. The van der Waals surface area contributed by atoms with Gasteiger partial charge in [-0.1, -0.05) is 30.3 Å². The average Bonchev–Trinajstić information content (AvgIpc) is 2.91. The summed E-state index contributed by atoms with van der Waals surface area (Å²) in [7, 11) is 0. The summed E-state index contributed by atoms with van der Waals surface area (Å²) < 4.78 is 0. The van der Waals surface area contributed by atoms with Crippen LogP contribution in [0.25, 0.3) is 0 Å². The van der Waals surface area contributed by atoms with Gasteiger partial charge >= 0.3 is 0 Å². The molecule has 4 nitrogen and oxygen atoms in total. The second-order valence-electron chi connectivity index (χ2n) is 7.05. The van der Waals surface area contributed by atoms with Crippen LogP contribution in [0, 0.1) is 13.8 Å². The van der Waals surface area contributed by atoms with Crippen LogP contribution in [0.5, 0.6) is 0 Å². The number of carbonyl (C=O) groups excluding carboxylic acids is 2. The standard InChI is InChI=1S/C21H22N2O2/c1-14-7-8-18(11-15(14)2)23-20(24)12-19(21(23)25)22-10-9-16-5-3-4-6-17(16)13-22/h3-8,11,19H,9-10,12-13H2,1-2H3/t19-/m1/s1. The number of amides is 2. The maximum Gasteiger partial charge on any atom is 0.251 e. The van der Waals surface area contributed by atoms with Gasteiger partial charge < -0.3 is 0 Å². The largest absolute Gasteiger partial charge is 0.287 e. The summed E-state index contributed by atoms with van der Waals surface area (Å²) in [6.45, 7) is 5.59. The van der Waals surface area contributed by atoms with Gasteiger partial charge in [-0.25, -0.2) is 4.90 Å². The lowest BCUT2D eigenvalue weighted by atomic mass is 9.98. The van der Waals surface area contributed by atoms with Crippen LogP contribution in [0.1, 0.15) is 28.7 Å². The lowest BCUT2D eigenvalue weighted by Crippen LogP contribution is -2.44. The molecule has 0 unspecified atom stereocenters. The predicted octanol–water partition coefficient (Wildman–Crippen LogP) is 2.99. The Morgan fingerprint density at radius 2 is 1.72 bits per heavy atom. The van der Waals surface area contributed by atoms with Gasteiger partial charge in [0.05, 0.1) is 18.2 Å². The SMILES string of the molecule is Cc1ccc(N2C(=O)C[C@@H](N3CCc4ccccc4C3)C2=O)cc1C. The first kappa shape index (κ1) is 16.0. The van der Waals surface area contributed by atoms with Crippen molar-refractivity contribution in [1.29, 1.82) is 0 Å². The molecule has 1 fully saturated rings. The minimum atomic E-state index is -0.345. The molecule has 0 spiro atoms. The van der Waals surface area contributed by atoms with E-state index in [1.54, 1.807) is 0 Å². The molecule has 2 heterocycles. The molecule has 0 aliphatic carbocycles. The highest BCUT2D eigenvalue weighted by atomic mass is 16.2. The number of nitrogens with zero attached hydrogens (tertiary/aromatic N) is 2. The fraction of sp³-hybridized carbons (Fsp3) is 0.333. The summed E-state index contributed by atoms with van der Waals surface area (Å²) in [5, 5.41) is 0. The molecule has 1 saturated heterocycles. The molecule has 25 heavy (non-hydrogen) atoms. The quantitative estimate of drug-likeness (QED) is 0.793. The van der Waals surface area contributed by atoms with Crippen molar-refractivity contribution < 1.29 is 9.59 Å². The summed E-state index contributed by atoms with van der Waals surface area (Å²) in [6.07, 6.45) is 1.20. The van der Waals surface area contributed by atoms with Crippen molar-refractivity contribution in [1.82, 2.24) is 4.90 Å². The molecule has 0 radical (unpaired) electrons. The number of hydrogen-bond acceptors (Lipinski definition) is 3. The molecule has 4 heteroatoms. The number of benzene rings is 2. The molecular formula is C21H22N2O2. The summed E-state index contributed by atoms with van der Waals surface area (Å²) in [6, 6.07) is 13.8. The third-order valence-corrected chi connectivity index (χ3v) is 5.47. The summed E-state index contributed by atoms with van der Waals surface area (Å²) in [5.74, 6) is -0.190. The Balaban J connectivity index is 1.58. The average molecular weight is 334 g/mol. The molecule has 0 bridgehead atoms. The Morgan fingerprint density at radius 3 is 2.48 bits per heavy atom. The van der Waals surface area contributed by atoms with Gasteiger partial charge in [0, 0.05) is 13.1 Å². The second-order valence-corrected chi connectivity index (χ2v) is 7.05. The van der Waals surface area contributed by atoms with Crippen LogP contribution in [0.4, 0.5) is 5.69 Å². The molecule has 2 aromatic carbocycles. The van der Waals surface area contributed by atoms with Crippen LogP contribution in [0.15, 0.2) is 42.5 Å². The van der Waals surface area contributed by atoms with E-state index in [-0.39, 0.29) is 24.3 Å². The highest BCUT2D eigenvalue weighted by Crippen LogP contribution is 2.30. The van der Waals surface area contributed by atoms with Gasteiger partial charge in [-0.05, 0) is 54.7 Å². The van der Waals surface area contributed by atoms with E-state index < -0.39 is 0 Å². The molecule has 0 saturated carbocycles. The minimum Gasteiger partial charge on any atom is -0.287 e. The number of rotatable bonds is 2. The van der Waals surface area contributed by atoms with Crippen LogP contribution in [0.3, 0.4) is 0 Å². The van der Waals surface area contributed by atoms with Crippen LogP contribution < -0.4 is 4.90 Å². The van der Waals surface area contributed by atoms with E-state index >= 15 is 0 Å². The van der Waals surface area contributed by atoms with Crippen molar-refractivity contribution in [2.24, 2.45) is 0 Å². The van der Waals surface area contributed by atoms with Crippen molar-refractivity contribution in [3.63, 3.8) is 0 Å². The van der Waals surface area contributed by atoms with Gasteiger partial charge in [-0.15, -0.1) is 0 Å². The third-order valence-electron chi connectivity index (χ3n) is 5.47. The van der Waals surface area contributed by atoms with E-state index in [1.165, 1.54) is 16.0 Å². The Kier molecular flexibility index (Phi) is 3.92. The molecule has 2 aromatic rings. The normalized spacial score (nSPS) is 20.9. The van der Waals surface area contributed by atoms with Gasteiger partial charge in [-0.3, -0.25) is 14.5 Å². The number of imide groups is 1. The fourth-order valence-electron chi connectivity index (χ4n) is 3.82. The predicted molar refractivity (Wildman–Crippen MR) is 97.4 cm³/mol. The van der Waals surface area contributed by atoms with Gasteiger partial charge in [-0.2, -0.15) is 0 Å². The van der Waals surface area contributed by atoms with Gasteiger partial charge in [0.1, 0.15) is 0 Å². The summed E-state index contributed by atoms with van der Waals surface area (Å²) in [5.41, 5.74) is 5.55. The molecular weight excluding hydrogens is 312 g/mol. The lowest BCUT2D eigenvalue weighted by Gasteiger charge is -2.32. The molecule has 0 N–H and O–H groups in total. The first-order valence-electron chi connectivity index (χ1n) is 8.79. The van der Waals surface area contributed by atoms with Crippen molar-refractivity contribution in [3.8, 4) is 0 Å². The molecule has 4 rings (SSSR count). The molecule has 0 aromatic heterocycles. The number of carbonyl (C=O) groups is 2. The van der Waals surface area contributed by atoms with Crippen molar-refractivity contribution in [2.45, 2.75) is 39.3 Å². The van der Waals surface area contributed by atoms with Crippen LogP contribution in [-0.4, -0.2) is 29.3 Å². The zero-order valence-corrected chi connectivity index (χ0v) is 14.7. The van der Waals surface area contributed by atoms with Gasteiger partial charge in [0.2, 0.25) is 5.91 Å². The number of fused-ring (bicyclic) bond motifs is 1. The van der Waals surface area contributed by atoms with Crippen molar-refractivity contribution >= 4 is 17.5 Å². The van der Waals surface area contributed by atoms with E-state index in [2.05, 4.69) is 23.1 Å². The maximum atomic E-state index is 13.0. The highest BCUT2D eigenvalue weighted by Gasteiger charge is 2.43. The lowest BCUT2D eigenvalue weighted by molar-refractivity contribution is -0.123. The Morgan fingerprint density at radius 1 is 0.960 bits per heavy atom. The third kappa shape index (κ3) is 2.76.